The van der Waals surface area contributed by atoms with Gasteiger partial charge in [-0.25, -0.2) is 0 Å². The summed E-state index contributed by atoms with van der Waals surface area (Å²) < 4.78 is 0. The van der Waals surface area contributed by atoms with E-state index in [1.807, 2.05) is 12.3 Å². The van der Waals surface area contributed by atoms with Crippen LogP contribution in [-0.2, 0) is 6.42 Å². The number of nitrogens with two attached hydrogens (primary N) is 1. The van der Waals surface area contributed by atoms with Gasteiger partial charge in [-0.1, -0.05) is 6.07 Å². The number of hydrogen-bond donors (Lipinski definition) is 2. The van der Waals surface area contributed by atoms with Crippen LogP contribution >= 0.6 is 12.2 Å². The largest absolute Gasteiger partial charge is 0.376 e. The van der Waals surface area contributed by atoms with Crippen molar-refractivity contribution in [3.8, 4) is 0 Å². The summed E-state index contributed by atoms with van der Waals surface area (Å²) in [5.41, 5.74) is 6.95. The van der Waals surface area contributed by atoms with Gasteiger partial charge in [0.1, 0.15) is 0 Å². The molecule has 4 nitrogen and oxygen atoms in total. The molecule has 0 bridgehead atoms. The lowest BCUT2D eigenvalue weighted by atomic mass is 10.1. The molecule has 0 amide bonds. The van der Waals surface area contributed by atoms with Crippen molar-refractivity contribution in [2.75, 3.05) is 19.6 Å². The molecule has 3 N–H and O–H groups in total. The van der Waals surface area contributed by atoms with Crippen molar-refractivity contribution in [3.63, 3.8) is 0 Å². The Labute approximate surface area is 101 Å². The topological polar surface area (TPSA) is 54.2 Å². The highest BCUT2D eigenvalue weighted by Crippen LogP contribution is 2.09. The fraction of sp³-hybridized carbons (Fsp3) is 0.455. The third-order valence-electron chi connectivity index (χ3n) is 2.83. The lowest BCUT2D eigenvalue weighted by molar-refractivity contribution is 0.257. The number of rotatable bonds is 2. The molecule has 0 aliphatic carbocycles. The molecule has 2 heterocycles. The van der Waals surface area contributed by atoms with E-state index in [4.69, 9.17) is 18.0 Å². The SMILES string of the molecule is NC(=S)N1CCNCC1Cc1cccnc1. The fourth-order valence-electron chi connectivity index (χ4n) is 2.02. The van der Waals surface area contributed by atoms with Crippen LogP contribution in [0.4, 0.5) is 0 Å². The number of thiocarbonyl (C=S) groups is 1. The molecule has 2 rings (SSSR count). The molecule has 0 aromatic carbocycles. The van der Waals surface area contributed by atoms with Gasteiger partial charge >= 0.3 is 0 Å². The van der Waals surface area contributed by atoms with Crippen LogP contribution in [0.25, 0.3) is 0 Å². The smallest absolute Gasteiger partial charge is 0.166 e. The molecule has 86 valence electrons. The van der Waals surface area contributed by atoms with E-state index in [-0.39, 0.29) is 0 Å². The van der Waals surface area contributed by atoms with Gasteiger partial charge in [-0.2, -0.15) is 0 Å². The first-order valence-electron chi connectivity index (χ1n) is 5.43. The summed E-state index contributed by atoms with van der Waals surface area (Å²) in [6.45, 7) is 2.76. The summed E-state index contributed by atoms with van der Waals surface area (Å²) in [5.74, 6) is 0. The maximum absolute atomic E-state index is 5.73. The van der Waals surface area contributed by atoms with Crippen LogP contribution in [0.1, 0.15) is 5.56 Å². The van der Waals surface area contributed by atoms with Gasteiger partial charge < -0.3 is 16.0 Å². The van der Waals surface area contributed by atoms with Gasteiger partial charge in [-0.3, -0.25) is 4.98 Å². The molecule has 1 saturated heterocycles. The van der Waals surface area contributed by atoms with Crippen molar-refractivity contribution in [1.82, 2.24) is 15.2 Å². The van der Waals surface area contributed by atoms with Crippen LogP contribution in [0.2, 0.25) is 0 Å². The molecule has 1 aliphatic heterocycles. The van der Waals surface area contributed by atoms with E-state index >= 15 is 0 Å². The number of nitrogens with one attached hydrogen (secondary N) is 1. The van der Waals surface area contributed by atoms with Crippen LogP contribution in [0.5, 0.6) is 0 Å². The standard InChI is InChI=1S/C11H16N4S/c12-11(16)15-5-4-14-8-10(15)6-9-2-1-3-13-7-9/h1-3,7,10,14H,4-6,8H2,(H2,12,16). The van der Waals surface area contributed by atoms with Crippen LogP contribution in [0, 0.1) is 0 Å². The first kappa shape index (κ1) is 11.3. The number of piperazine rings is 1. The average Bonchev–Trinajstić information content (AvgIpc) is 2.31. The number of nitrogens with zero attached hydrogens (tertiary/aromatic N) is 2. The Morgan fingerprint density at radius 2 is 2.56 bits per heavy atom. The number of hydrogen-bond acceptors (Lipinski definition) is 3. The van der Waals surface area contributed by atoms with Crippen molar-refractivity contribution >= 4 is 17.3 Å². The van der Waals surface area contributed by atoms with Crippen molar-refractivity contribution in [3.05, 3.63) is 30.1 Å². The van der Waals surface area contributed by atoms with E-state index in [0.29, 0.717) is 11.2 Å². The minimum absolute atomic E-state index is 0.343. The third kappa shape index (κ3) is 2.68. The van der Waals surface area contributed by atoms with Crippen LogP contribution in [0.3, 0.4) is 0 Å². The molecule has 1 atom stereocenters. The molecule has 1 aromatic heterocycles. The summed E-state index contributed by atoms with van der Waals surface area (Å²) >= 11 is 5.07. The molecular formula is C11H16N4S. The predicted molar refractivity (Wildman–Crippen MR) is 68.1 cm³/mol. The molecule has 1 fully saturated rings. The van der Waals surface area contributed by atoms with Crippen LogP contribution < -0.4 is 11.1 Å². The Morgan fingerprint density at radius 1 is 1.69 bits per heavy atom. The fourth-order valence-corrected chi connectivity index (χ4v) is 2.26. The molecule has 1 unspecified atom stereocenters. The first-order chi connectivity index (χ1) is 7.77. The van der Waals surface area contributed by atoms with Crippen LogP contribution in [0.15, 0.2) is 24.5 Å². The van der Waals surface area contributed by atoms with Gasteiger partial charge in [-0.05, 0) is 30.3 Å². The highest BCUT2D eigenvalue weighted by atomic mass is 32.1. The quantitative estimate of drug-likeness (QED) is 0.716. The number of aromatic nitrogens is 1. The highest BCUT2D eigenvalue weighted by Gasteiger charge is 2.22. The average molecular weight is 236 g/mol. The Balaban J connectivity index is 2.04. The second kappa shape index (κ2) is 5.23. The molecule has 0 spiro atoms. The zero-order valence-corrected chi connectivity index (χ0v) is 9.91. The Kier molecular flexibility index (Phi) is 3.69. The highest BCUT2D eigenvalue weighted by molar-refractivity contribution is 7.80. The summed E-state index contributed by atoms with van der Waals surface area (Å²) in [5, 5.41) is 3.86. The van der Waals surface area contributed by atoms with E-state index in [9.17, 15) is 0 Å². The van der Waals surface area contributed by atoms with E-state index in [1.165, 1.54) is 5.56 Å². The van der Waals surface area contributed by atoms with Crippen molar-refractivity contribution in [2.24, 2.45) is 5.73 Å². The maximum Gasteiger partial charge on any atom is 0.166 e. The second-order valence-electron chi connectivity index (χ2n) is 3.95. The molecule has 1 aromatic rings. The summed E-state index contributed by atoms with van der Waals surface area (Å²) in [4.78, 5) is 6.21. The van der Waals surface area contributed by atoms with Crippen molar-refractivity contribution < 1.29 is 0 Å². The summed E-state index contributed by atoms with van der Waals surface area (Å²) in [6, 6.07) is 4.38. The monoisotopic (exact) mass is 236 g/mol. The minimum Gasteiger partial charge on any atom is -0.376 e. The van der Waals surface area contributed by atoms with Crippen molar-refractivity contribution in [2.45, 2.75) is 12.5 Å². The van der Waals surface area contributed by atoms with Crippen LogP contribution in [-0.4, -0.2) is 40.7 Å². The van der Waals surface area contributed by atoms with Crippen molar-refractivity contribution in [1.29, 1.82) is 0 Å². The molecule has 16 heavy (non-hydrogen) atoms. The van der Waals surface area contributed by atoms with E-state index in [2.05, 4.69) is 21.3 Å². The minimum atomic E-state index is 0.343. The Morgan fingerprint density at radius 3 is 3.25 bits per heavy atom. The third-order valence-corrected chi connectivity index (χ3v) is 3.06. The summed E-state index contributed by atoms with van der Waals surface area (Å²) in [7, 11) is 0. The van der Waals surface area contributed by atoms with E-state index < -0.39 is 0 Å². The zero-order valence-electron chi connectivity index (χ0n) is 9.10. The lowest BCUT2D eigenvalue weighted by Crippen LogP contribution is -2.56. The zero-order chi connectivity index (χ0) is 11.4. The molecule has 0 saturated carbocycles. The molecule has 5 heteroatoms. The van der Waals surface area contributed by atoms with Gasteiger partial charge in [0.05, 0.1) is 0 Å². The maximum atomic E-state index is 5.73. The van der Waals surface area contributed by atoms with E-state index in [0.717, 1.165) is 26.1 Å². The molecule has 0 radical (unpaired) electrons. The number of pyridine rings is 1. The van der Waals surface area contributed by atoms with E-state index in [1.54, 1.807) is 6.20 Å². The Bertz CT molecular complexity index is 354. The first-order valence-corrected chi connectivity index (χ1v) is 5.84. The molecule has 1 aliphatic rings. The Hall–Kier alpha value is -1.20. The second-order valence-corrected chi connectivity index (χ2v) is 4.37. The van der Waals surface area contributed by atoms with Gasteiger partial charge in [0, 0.05) is 38.1 Å². The summed E-state index contributed by atoms with van der Waals surface area (Å²) in [6.07, 6.45) is 4.61. The predicted octanol–water partition coefficient (Wildman–Crippen LogP) is 0.142. The van der Waals surface area contributed by atoms with Gasteiger partial charge in [0.25, 0.3) is 0 Å². The molecular weight excluding hydrogens is 220 g/mol. The van der Waals surface area contributed by atoms with Gasteiger partial charge in [0.15, 0.2) is 5.11 Å². The van der Waals surface area contributed by atoms with Gasteiger partial charge in [0.2, 0.25) is 0 Å². The van der Waals surface area contributed by atoms with Gasteiger partial charge in [-0.15, -0.1) is 0 Å². The lowest BCUT2D eigenvalue weighted by Gasteiger charge is -2.36. The normalized spacial score (nSPS) is 20.8.